The molecule has 0 unspecified atom stereocenters. The first-order valence-corrected chi connectivity index (χ1v) is 9.52. The van der Waals surface area contributed by atoms with Crippen molar-refractivity contribution in [3.05, 3.63) is 64.7 Å². The number of nitrogens with zero attached hydrogens (tertiary/aromatic N) is 5. The monoisotopic (exact) mass is 377 g/mol. The summed E-state index contributed by atoms with van der Waals surface area (Å²) < 4.78 is 1.60. The number of pyridine rings is 1. The maximum Gasteiger partial charge on any atom is 0.272 e. The number of aromatic nitrogens is 3. The highest BCUT2D eigenvalue weighted by Gasteiger charge is 2.22. The molecule has 0 aliphatic carbocycles. The second kappa shape index (κ2) is 7.80. The standard InChI is InChI=1S/C21H23N5O2/c1-24-18-7-3-2-6-16(18)23-17(21(24)28)9-10-20(27)26-14-12-25(13-15-26)19-8-4-5-11-22-19/h2-8,11H,9-10,12-15H2,1H3. The molecule has 3 aromatic rings. The van der Waals surface area contributed by atoms with Crippen LogP contribution in [0.4, 0.5) is 5.82 Å². The van der Waals surface area contributed by atoms with Crippen LogP contribution in [0, 0.1) is 0 Å². The molecule has 3 heterocycles. The first-order valence-electron chi connectivity index (χ1n) is 9.52. The van der Waals surface area contributed by atoms with Gasteiger partial charge in [-0.15, -0.1) is 0 Å². The summed E-state index contributed by atoms with van der Waals surface area (Å²) in [5.41, 5.74) is 1.89. The quantitative estimate of drug-likeness (QED) is 0.691. The van der Waals surface area contributed by atoms with E-state index in [1.807, 2.05) is 47.4 Å². The van der Waals surface area contributed by atoms with Crippen LogP contribution in [0.1, 0.15) is 12.1 Å². The van der Waals surface area contributed by atoms with E-state index in [0.29, 0.717) is 31.6 Å². The summed E-state index contributed by atoms with van der Waals surface area (Å²) in [6.45, 7) is 2.86. The third-order valence-corrected chi connectivity index (χ3v) is 5.23. The molecule has 28 heavy (non-hydrogen) atoms. The van der Waals surface area contributed by atoms with Crippen molar-refractivity contribution in [3.8, 4) is 0 Å². The molecule has 0 bridgehead atoms. The number of piperazine rings is 1. The van der Waals surface area contributed by atoms with Crippen LogP contribution in [-0.4, -0.2) is 51.5 Å². The Morgan fingerprint density at radius 2 is 1.79 bits per heavy atom. The van der Waals surface area contributed by atoms with Gasteiger partial charge in [-0.2, -0.15) is 0 Å². The topological polar surface area (TPSA) is 71.3 Å². The predicted molar refractivity (Wildman–Crippen MR) is 108 cm³/mol. The average Bonchev–Trinajstić information content (AvgIpc) is 2.76. The maximum absolute atomic E-state index is 12.6. The molecule has 0 spiro atoms. The first kappa shape index (κ1) is 18.2. The zero-order chi connectivity index (χ0) is 19.5. The normalized spacial score (nSPS) is 14.5. The fourth-order valence-corrected chi connectivity index (χ4v) is 3.61. The SMILES string of the molecule is Cn1c(=O)c(CCC(=O)N2CCN(c3ccccn3)CC2)nc2ccccc21. The third-order valence-electron chi connectivity index (χ3n) is 5.23. The van der Waals surface area contributed by atoms with Crippen LogP contribution in [0.5, 0.6) is 0 Å². The first-order chi connectivity index (χ1) is 13.6. The highest BCUT2D eigenvalue weighted by atomic mass is 16.2. The molecule has 144 valence electrons. The van der Waals surface area contributed by atoms with E-state index in [0.717, 1.165) is 29.9 Å². The fraction of sp³-hybridized carbons (Fsp3) is 0.333. The molecule has 1 fully saturated rings. The number of aryl methyl sites for hydroxylation is 2. The van der Waals surface area contributed by atoms with E-state index in [2.05, 4.69) is 14.9 Å². The Bertz CT molecular complexity index is 1040. The lowest BCUT2D eigenvalue weighted by molar-refractivity contribution is -0.131. The minimum Gasteiger partial charge on any atom is -0.353 e. The van der Waals surface area contributed by atoms with Gasteiger partial charge in [-0.3, -0.25) is 9.59 Å². The molecule has 0 saturated carbocycles. The van der Waals surface area contributed by atoms with Crippen molar-refractivity contribution < 1.29 is 4.79 Å². The molecule has 7 heteroatoms. The Morgan fingerprint density at radius 1 is 1.04 bits per heavy atom. The van der Waals surface area contributed by atoms with Gasteiger partial charge in [0.05, 0.1) is 11.0 Å². The van der Waals surface area contributed by atoms with Crippen LogP contribution in [0.15, 0.2) is 53.5 Å². The van der Waals surface area contributed by atoms with Gasteiger partial charge in [-0.25, -0.2) is 9.97 Å². The van der Waals surface area contributed by atoms with Gasteiger partial charge in [-0.1, -0.05) is 18.2 Å². The van der Waals surface area contributed by atoms with Gasteiger partial charge in [0, 0.05) is 52.3 Å². The molecule has 7 nitrogen and oxygen atoms in total. The van der Waals surface area contributed by atoms with Crippen molar-refractivity contribution >= 4 is 22.8 Å². The lowest BCUT2D eigenvalue weighted by Gasteiger charge is -2.35. The minimum atomic E-state index is -0.133. The molecule has 1 aliphatic rings. The zero-order valence-electron chi connectivity index (χ0n) is 15.9. The molecule has 1 saturated heterocycles. The van der Waals surface area contributed by atoms with E-state index in [1.165, 1.54) is 0 Å². The van der Waals surface area contributed by atoms with Crippen LogP contribution in [0.25, 0.3) is 11.0 Å². The van der Waals surface area contributed by atoms with Crippen molar-refractivity contribution in [1.82, 2.24) is 19.4 Å². The summed E-state index contributed by atoms with van der Waals surface area (Å²) in [6, 6.07) is 13.4. The largest absolute Gasteiger partial charge is 0.353 e. The number of amides is 1. The number of hydrogen-bond donors (Lipinski definition) is 0. The van der Waals surface area contributed by atoms with Gasteiger partial charge in [0.1, 0.15) is 11.5 Å². The lowest BCUT2D eigenvalue weighted by Crippen LogP contribution is -2.49. The number of hydrogen-bond acceptors (Lipinski definition) is 5. The molecule has 0 N–H and O–H groups in total. The lowest BCUT2D eigenvalue weighted by atomic mass is 10.2. The Morgan fingerprint density at radius 3 is 2.54 bits per heavy atom. The molecule has 1 aliphatic heterocycles. The molecular weight excluding hydrogens is 354 g/mol. The van der Waals surface area contributed by atoms with Crippen LogP contribution < -0.4 is 10.5 Å². The van der Waals surface area contributed by atoms with Crippen LogP contribution in [0.3, 0.4) is 0 Å². The maximum atomic E-state index is 12.6. The predicted octanol–water partition coefficient (Wildman–Crippen LogP) is 1.61. The Labute approximate surface area is 163 Å². The van der Waals surface area contributed by atoms with Gasteiger partial charge in [-0.05, 0) is 24.3 Å². The Hall–Kier alpha value is -3.22. The summed E-state index contributed by atoms with van der Waals surface area (Å²) in [4.78, 5) is 38.1. The van der Waals surface area contributed by atoms with E-state index < -0.39 is 0 Å². The minimum absolute atomic E-state index is 0.0673. The second-order valence-corrected chi connectivity index (χ2v) is 6.97. The molecule has 0 atom stereocenters. The Balaban J connectivity index is 1.38. The highest BCUT2D eigenvalue weighted by molar-refractivity contribution is 5.77. The molecular formula is C21H23N5O2. The smallest absolute Gasteiger partial charge is 0.272 e. The number of carbonyl (C=O) groups excluding carboxylic acids is 1. The van der Waals surface area contributed by atoms with Crippen LogP contribution >= 0.6 is 0 Å². The summed E-state index contributed by atoms with van der Waals surface area (Å²) in [5, 5.41) is 0. The zero-order valence-corrected chi connectivity index (χ0v) is 15.9. The molecule has 0 radical (unpaired) electrons. The highest BCUT2D eigenvalue weighted by Crippen LogP contribution is 2.14. The molecule has 4 rings (SSSR count). The fourth-order valence-electron chi connectivity index (χ4n) is 3.61. The summed E-state index contributed by atoms with van der Waals surface area (Å²) in [7, 11) is 1.74. The number of para-hydroxylation sites is 2. The van der Waals surface area contributed by atoms with Gasteiger partial charge in [0.2, 0.25) is 5.91 Å². The van der Waals surface area contributed by atoms with E-state index in [9.17, 15) is 9.59 Å². The number of anilines is 1. The van der Waals surface area contributed by atoms with Gasteiger partial charge in [0.25, 0.3) is 5.56 Å². The van der Waals surface area contributed by atoms with E-state index >= 15 is 0 Å². The van der Waals surface area contributed by atoms with Gasteiger partial charge < -0.3 is 14.4 Å². The molecule has 1 aromatic carbocycles. The van der Waals surface area contributed by atoms with Crippen LogP contribution in [-0.2, 0) is 18.3 Å². The number of rotatable bonds is 4. The van der Waals surface area contributed by atoms with Crippen LogP contribution in [0.2, 0.25) is 0 Å². The summed E-state index contributed by atoms with van der Waals surface area (Å²) >= 11 is 0. The summed E-state index contributed by atoms with van der Waals surface area (Å²) in [5.74, 6) is 1.01. The van der Waals surface area contributed by atoms with Crippen molar-refractivity contribution in [3.63, 3.8) is 0 Å². The second-order valence-electron chi connectivity index (χ2n) is 6.97. The van der Waals surface area contributed by atoms with Crippen molar-refractivity contribution in [2.24, 2.45) is 7.05 Å². The van der Waals surface area contributed by atoms with E-state index in [4.69, 9.17) is 0 Å². The van der Waals surface area contributed by atoms with Crippen molar-refractivity contribution in [1.29, 1.82) is 0 Å². The molecule has 2 aromatic heterocycles. The number of fused-ring (bicyclic) bond motifs is 1. The average molecular weight is 377 g/mol. The van der Waals surface area contributed by atoms with Crippen molar-refractivity contribution in [2.45, 2.75) is 12.8 Å². The van der Waals surface area contributed by atoms with Crippen molar-refractivity contribution in [2.75, 3.05) is 31.1 Å². The third kappa shape index (κ3) is 3.60. The number of benzene rings is 1. The molecule has 1 amide bonds. The van der Waals surface area contributed by atoms with Gasteiger partial charge in [0.15, 0.2) is 0 Å². The van der Waals surface area contributed by atoms with E-state index in [-0.39, 0.29) is 11.5 Å². The van der Waals surface area contributed by atoms with Gasteiger partial charge >= 0.3 is 0 Å². The number of carbonyl (C=O) groups is 1. The Kier molecular flexibility index (Phi) is 5.06. The van der Waals surface area contributed by atoms with E-state index in [1.54, 1.807) is 17.8 Å². The summed E-state index contributed by atoms with van der Waals surface area (Å²) in [6.07, 6.45) is 2.44.